The quantitative estimate of drug-likeness (QED) is 0.638. The highest BCUT2D eigenvalue weighted by Gasteiger charge is 2.28. The molecule has 0 N–H and O–H groups in total. The molecule has 0 saturated carbocycles. The second kappa shape index (κ2) is 7.08. The molecule has 0 unspecified atom stereocenters. The molecule has 3 aromatic rings. The molecule has 0 atom stereocenters. The van der Waals surface area contributed by atoms with E-state index >= 15 is 0 Å². The lowest BCUT2D eigenvalue weighted by molar-refractivity contribution is 0.442. The van der Waals surface area contributed by atoms with Crippen LogP contribution < -0.4 is 0 Å². The van der Waals surface area contributed by atoms with Crippen molar-refractivity contribution < 1.29 is 8.42 Å². The molecule has 2 aromatic heterocycles. The highest BCUT2D eigenvalue weighted by molar-refractivity contribution is 7.91. The summed E-state index contributed by atoms with van der Waals surface area (Å²) in [7, 11) is -3.46. The molecular weight excluding hydrogens is 384 g/mol. The predicted molar refractivity (Wildman–Crippen MR) is 108 cm³/mol. The van der Waals surface area contributed by atoms with E-state index in [1.807, 2.05) is 42.0 Å². The van der Waals surface area contributed by atoms with E-state index in [4.69, 9.17) is 0 Å². The van der Waals surface area contributed by atoms with Gasteiger partial charge in [-0.05, 0) is 30.5 Å². The van der Waals surface area contributed by atoms with Gasteiger partial charge in [-0.25, -0.2) is 13.4 Å². The van der Waals surface area contributed by atoms with Gasteiger partial charge in [0.1, 0.15) is 9.22 Å². The summed E-state index contributed by atoms with van der Waals surface area (Å²) >= 11 is 2.81. The molecule has 1 aromatic carbocycles. The SMILES string of the molecule is Cc1csc(-c2csc(S(=O)(=O)N3CC=C(c4ccccc4)CC3)c2)n1. The molecule has 3 heterocycles. The van der Waals surface area contributed by atoms with E-state index < -0.39 is 10.0 Å². The summed E-state index contributed by atoms with van der Waals surface area (Å²) < 4.78 is 27.9. The summed E-state index contributed by atoms with van der Waals surface area (Å²) in [5, 5.41) is 4.72. The molecule has 0 spiro atoms. The van der Waals surface area contributed by atoms with Crippen LogP contribution >= 0.6 is 22.7 Å². The number of sulfonamides is 1. The highest BCUT2D eigenvalue weighted by atomic mass is 32.2. The molecular formula is C19H18N2O2S3. The van der Waals surface area contributed by atoms with Crippen molar-refractivity contribution in [2.75, 3.05) is 13.1 Å². The van der Waals surface area contributed by atoms with Gasteiger partial charge in [0.2, 0.25) is 0 Å². The first-order chi connectivity index (χ1) is 12.5. The second-order valence-electron chi connectivity index (χ2n) is 6.16. The normalized spacial score (nSPS) is 15.8. The monoisotopic (exact) mass is 402 g/mol. The van der Waals surface area contributed by atoms with Crippen LogP contribution in [0.4, 0.5) is 0 Å². The molecule has 0 amide bonds. The van der Waals surface area contributed by atoms with Gasteiger partial charge in [0.15, 0.2) is 0 Å². The fraction of sp³-hybridized carbons (Fsp3) is 0.211. The predicted octanol–water partition coefficient (Wildman–Crippen LogP) is 4.66. The minimum Gasteiger partial charge on any atom is -0.241 e. The van der Waals surface area contributed by atoms with Gasteiger partial charge in [-0.2, -0.15) is 4.31 Å². The lowest BCUT2D eigenvalue weighted by Crippen LogP contribution is -2.34. The molecule has 0 fully saturated rings. The Labute approximate surface area is 161 Å². The summed E-state index contributed by atoms with van der Waals surface area (Å²) in [5.41, 5.74) is 4.21. The minimum atomic E-state index is -3.46. The van der Waals surface area contributed by atoms with Crippen LogP contribution in [0, 0.1) is 6.92 Å². The molecule has 134 valence electrons. The zero-order valence-corrected chi connectivity index (χ0v) is 16.7. The third kappa shape index (κ3) is 3.40. The van der Waals surface area contributed by atoms with Crippen molar-refractivity contribution >= 4 is 38.3 Å². The standard InChI is InChI=1S/C19H18N2O2S3/c1-14-12-25-19(20-14)17-11-18(24-13-17)26(22,23)21-9-7-16(8-10-21)15-5-3-2-4-6-15/h2-7,11-13H,8-10H2,1H3. The zero-order chi connectivity index (χ0) is 18.1. The van der Waals surface area contributed by atoms with Crippen LogP contribution in [0.2, 0.25) is 0 Å². The third-order valence-corrected chi connectivity index (χ3v) is 8.64. The molecule has 4 rings (SSSR count). The largest absolute Gasteiger partial charge is 0.252 e. The van der Waals surface area contributed by atoms with E-state index in [0.29, 0.717) is 17.3 Å². The Bertz CT molecular complexity index is 1050. The van der Waals surface area contributed by atoms with Gasteiger partial charge in [0.25, 0.3) is 10.0 Å². The number of hydrogen-bond acceptors (Lipinski definition) is 5. The van der Waals surface area contributed by atoms with Crippen LogP contribution in [0.25, 0.3) is 16.1 Å². The topological polar surface area (TPSA) is 50.3 Å². The first-order valence-corrected chi connectivity index (χ1v) is 11.5. The number of aromatic nitrogens is 1. The van der Waals surface area contributed by atoms with Gasteiger partial charge in [0.05, 0.1) is 0 Å². The van der Waals surface area contributed by atoms with Gasteiger partial charge in [-0.3, -0.25) is 0 Å². The number of hydrogen-bond donors (Lipinski definition) is 0. The summed E-state index contributed by atoms with van der Waals surface area (Å²) in [4.78, 5) is 4.44. The summed E-state index contributed by atoms with van der Waals surface area (Å²) in [6.45, 7) is 2.86. The van der Waals surface area contributed by atoms with Crippen LogP contribution in [-0.2, 0) is 10.0 Å². The maximum absolute atomic E-state index is 13.0. The van der Waals surface area contributed by atoms with E-state index in [9.17, 15) is 8.42 Å². The first-order valence-electron chi connectivity index (χ1n) is 8.30. The fourth-order valence-corrected chi connectivity index (χ4v) is 6.52. The zero-order valence-electron chi connectivity index (χ0n) is 14.3. The van der Waals surface area contributed by atoms with E-state index in [-0.39, 0.29) is 0 Å². The summed E-state index contributed by atoms with van der Waals surface area (Å²) in [6, 6.07) is 11.9. The Kier molecular flexibility index (Phi) is 4.79. The number of benzene rings is 1. The van der Waals surface area contributed by atoms with E-state index in [2.05, 4.69) is 17.1 Å². The van der Waals surface area contributed by atoms with Crippen molar-refractivity contribution in [2.45, 2.75) is 17.6 Å². The lowest BCUT2D eigenvalue weighted by atomic mass is 10.0. The van der Waals surface area contributed by atoms with Gasteiger partial charge in [-0.1, -0.05) is 36.4 Å². The maximum Gasteiger partial charge on any atom is 0.252 e. The number of thiophene rings is 1. The van der Waals surface area contributed by atoms with Crippen LogP contribution in [0.5, 0.6) is 0 Å². The second-order valence-corrected chi connectivity index (χ2v) is 10.1. The van der Waals surface area contributed by atoms with Crippen LogP contribution in [0.15, 0.2) is 57.4 Å². The molecule has 7 heteroatoms. The Morgan fingerprint density at radius 1 is 1.08 bits per heavy atom. The number of aryl methyl sites for hydroxylation is 1. The van der Waals surface area contributed by atoms with E-state index in [1.165, 1.54) is 33.8 Å². The Morgan fingerprint density at radius 2 is 1.88 bits per heavy atom. The molecule has 1 aliphatic rings. The van der Waals surface area contributed by atoms with E-state index in [0.717, 1.165) is 22.7 Å². The van der Waals surface area contributed by atoms with Crippen LogP contribution in [0.3, 0.4) is 0 Å². The van der Waals surface area contributed by atoms with Crippen molar-refractivity contribution in [3.05, 3.63) is 64.5 Å². The third-order valence-electron chi connectivity index (χ3n) is 4.35. The van der Waals surface area contributed by atoms with E-state index in [1.54, 1.807) is 10.4 Å². The summed E-state index contributed by atoms with van der Waals surface area (Å²) in [6.07, 6.45) is 2.75. The molecule has 1 aliphatic heterocycles. The highest BCUT2D eigenvalue weighted by Crippen LogP contribution is 2.33. The molecule has 0 radical (unpaired) electrons. The van der Waals surface area contributed by atoms with Gasteiger partial charge >= 0.3 is 0 Å². The van der Waals surface area contributed by atoms with Crippen molar-refractivity contribution in [1.82, 2.24) is 9.29 Å². The number of nitrogens with zero attached hydrogens (tertiary/aromatic N) is 2. The summed E-state index contributed by atoms with van der Waals surface area (Å²) in [5.74, 6) is 0. The molecule has 4 nitrogen and oxygen atoms in total. The minimum absolute atomic E-state index is 0.386. The molecule has 0 aliphatic carbocycles. The van der Waals surface area contributed by atoms with Gasteiger partial charge in [0, 0.05) is 35.1 Å². The van der Waals surface area contributed by atoms with Gasteiger partial charge in [-0.15, -0.1) is 22.7 Å². The molecule has 26 heavy (non-hydrogen) atoms. The first kappa shape index (κ1) is 17.6. The maximum atomic E-state index is 13.0. The Hall–Kier alpha value is -1.80. The van der Waals surface area contributed by atoms with Crippen LogP contribution in [-0.4, -0.2) is 30.8 Å². The Balaban J connectivity index is 1.55. The van der Waals surface area contributed by atoms with Crippen molar-refractivity contribution in [3.8, 4) is 10.6 Å². The fourth-order valence-electron chi connectivity index (χ4n) is 2.96. The number of rotatable bonds is 4. The molecule has 0 bridgehead atoms. The van der Waals surface area contributed by atoms with Gasteiger partial charge < -0.3 is 0 Å². The average molecular weight is 403 g/mol. The lowest BCUT2D eigenvalue weighted by Gasteiger charge is -2.25. The van der Waals surface area contributed by atoms with Crippen LogP contribution in [0.1, 0.15) is 17.7 Å². The van der Waals surface area contributed by atoms with Crippen molar-refractivity contribution in [1.29, 1.82) is 0 Å². The number of thiazole rings is 1. The van der Waals surface area contributed by atoms with Crippen molar-refractivity contribution in [3.63, 3.8) is 0 Å². The van der Waals surface area contributed by atoms with Crippen molar-refractivity contribution in [2.24, 2.45) is 0 Å². The Morgan fingerprint density at radius 3 is 2.54 bits per heavy atom. The smallest absolute Gasteiger partial charge is 0.241 e. The molecule has 0 saturated heterocycles. The average Bonchev–Trinajstić information content (AvgIpc) is 3.32.